The lowest BCUT2D eigenvalue weighted by Crippen LogP contribution is -2.58. The molecule has 0 aromatic carbocycles. The van der Waals surface area contributed by atoms with E-state index in [0.29, 0.717) is 24.2 Å². The van der Waals surface area contributed by atoms with Crippen LogP contribution in [-0.4, -0.2) is 48.8 Å². The summed E-state index contributed by atoms with van der Waals surface area (Å²) in [5.41, 5.74) is 0. The Hall–Kier alpha value is -0.120. The zero-order chi connectivity index (χ0) is 10.1. The molecule has 82 valence electrons. The first-order valence-corrected chi connectivity index (χ1v) is 5.78. The fourth-order valence-corrected chi connectivity index (χ4v) is 2.84. The molecule has 14 heavy (non-hydrogen) atoms. The molecule has 3 nitrogen and oxygen atoms in total. The third-order valence-corrected chi connectivity index (χ3v) is 3.39. The maximum atomic E-state index is 5.63. The van der Waals surface area contributed by atoms with Gasteiger partial charge in [-0.15, -0.1) is 0 Å². The average molecular weight is 198 g/mol. The van der Waals surface area contributed by atoms with Gasteiger partial charge in [0.25, 0.3) is 0 Å². The van der Waals surface area contributed by atoms with Crippen LogP contribution in [0.15, 0.2) is 0 Å². The van der Waals surface area contributed by atoms with Crippen molar-refractivity contribution in [1.82, 2.24) is 10.2 Å². The molecule has 2 rings (SSSR count). The van der Waals surface area contributed by atoms with Crippen LogP contribution in [0.3, 0.4) is 0 Å². The molecule has 0 saturated carbocycles. The van der Waals surface area contributed by atoms with Crippen LogP contribution in [0.2, 0.25) is 0 Å². The Kier molecular flexibility index (Phi) is 3.10. The minimum Gasteiger partial charge on any atom is -0.377 e. The van der Waals surface area contributed by atoms with Crippen molar-refractivity contribution in [1.29, 1.82) is 0 Å². The number of ether oxygens (including phenoxy) is 1. The summed E-state index contributed by atoms with van der Waals surface area (Å²) in [5, 5.41) is 3.56. The summed E-state index contributed by atoms with van der Waals surface area (Å²) in [6.07, 6.45) is 1.63. The molecule has 0 aromatic rings. The van der Waals surface area contributed by atoms with E-state index >= 15 is 0 Å². The quantitative estimate of drug-likeness (QED) is 0.676. The second-order valence-corrected chi connectivity index (χ2v) is 4.85. The summed E-state index contributed by atoms with van der Waals surface area (Å²) in [5.74, 6) is 0. The van der Waals surface area contributed by atoms with E-state index in [1.165, 1.54) is 19.5 Å². The van der Waals surface area contributed by atoms with E-state index < -0.39 is 0 Å². The number of hydrogen-bond donors (Lipinski definition) is 1. The van der Waals surface area contributed by atoms with Crippen molar-refractivity contribution in [2.45, 2.75) is 51.4 Å². The van der Waals surface area contributed by atoms with Crippen LogP contribution < -0.4 is 5.32 Å². The molecule has 4 unspecified atom stereocenters. The molecule has 0 aromatic heterocycles. The molecule has 0 spiro atoms. The van der Waals surface area contributed by atoms with Crippen LogP contribution in [0.5, 0.6) is 0 Å². The van der Waals surface area contributed by atoms with E-state index in [1.54, 1.807) is 0 Å². The SMILES string of the molecule is CC1CN(C2CCOC2C)CC(C)N1. The Bertz CT molecular complexity index is 188. The second kappa shape index (κ2) is 4.17. The Morgan fingerprint density at radius 1 is 1.14 bits per heavy atom. The first-order valence-electron chi connectivity index (χ1n) is 5.78. The molecule has 2 fully saturated rings. The molecular formula is C11H22N2O. The molecule has 3 heteroatoms. The molecule has 0 radical (unpaired) electrons. The van der Waals surface area contributed by atoms with Crippen molar-refractivity contribution in [2.75, 3.05) is 19.7 Å². The van der Waals surface area contributed by atoms with Crippen LogP contribution >= 0.6 is 0 Å². The van der Waals surface area contributed by atoms with E-state index in [1.807, 2.05) is 0 Å². The molecule has 0 bridgehead atoms. The van der Waals surface area contributed by atoms with E-state index in [4.69, 9.17) is 4.74 Å². The predicted molar refractivity (Wildman–Crippen MR) is 57.5 cm³/mol. The lowest BCUT2D eigenvalue weighted by molar-refractivity contribution is 0.0535. The van der Waals surface area contributed by atoms with Crippen molar-refractivity contribution in [3.05, 3.63) is 0 Å². The van der Waals surface area contributed by atoms with Gasteiger partial charge >= 0.3 is 0 Å². The van der Waals surface area contributed by atoms with Gasteiger partial charge in [0, 0.05) is 37.8 Å². The van der Waals surface area contributed by atoms with Crippen molar-refractivity contribution >= 4 is 0 Å². The van der Waals surface area contributed by atoms with Crippen molar-refractivity contribution in [3.63, 3.8) is 0 Å². The topological polar surface area (TPSA) is 24.5 Å². The lowest BCUT2D eigenvalue weighted by atomic mass is 10.0. The van der Waals surface area contributed by atoms with Gasteiger partial charge in [-0.25, -0.2) is 0 Å². The van der Waals surface area contributed by atoms with Crippen molar-refractivity contribution in [3.8, 4) is 0 Å². The second-order valence-electron chi connectivity index (χ2n) is 4.85. The molecule has 2 heterocycles. The highest BCUT2D eigenvalue weighted by molar-refractivity contribution is 4.89. The van der Waals surface area contributed by atoms with Gasteiger partial charge in [-0.05, 0) is 27.2 Å². The number of hydrogen-bond acceptors (Lipinski definition) is 3. The average Bonchev–Trinajstić information content (AvgIpc) is 2.49. The minimum atomic E-state index is 0.424. The van der Waals surface area contributed by atoms with Crippen LogP contribution in [0.1, 0.15) is 27.2 Å². The number of nitrogens with zero attached hydrogens (tertiary/aromatic N) is 1. The van der Waals surface area contributed by atoms with Gasteiger partial charge in [-0.3, -0.25) is 4.90 Å². The van der Waals surface area contributed by atoms with Gasteiger partial charge in [-0.2, -0.15) is 0 Å². The molecule has 2 aliphatic rings. The fourth-order valence-electron chi connectivity index (χ4n) is 2.84. The largest absolute Gasteiger partial charge is 0.377 e. The smallest absolute Gasteiger partial charge is 0.0703 e. The molecule has 2 saturated heterocycles. The summed E-state index contributed by atoms with van der Waals surface area (Å²) >= 11 is 0. The zero-order valence-corrected chi connectivity index (χ0v) is 9.49. The fraction of sp³-hybridized carbons (Fsp3) is 1.00. The lowest BCUT2D eigenvalue weighted by Gasteiger charge is -2.40. The highest BCUT2D eigenvalue weighted by Crippen LogP contribution is 2.21. The summed E-state index contributed by atoms with van der Waals surface area (Å²) in [4.78, 5) is 2.60. The molecule has 2 aliphatic heterocycles. The van der Waals surface area contributed by atoms with E-state index in [2.05, 4.69) is 31.0 Å². The number of piperazine rings is 1. The molecule has 0 amide bonds. The van der Waals surface area contributed by atoms with Gasteiger partial charge in [0.1, 0.15) is 0 Å². The normalized spacial score (nSPS) is 45.6. The summed E-state index contributed by atoms with van der Waals surface area (Å²) < 4.78 is 5.63. The predicted octanol–water partition coefficient (Wildman–Crippen LogP) is 0.846. The maximum absolute atomic E-state index is 5.63. The molecule has 4 atom stereocenters. The first kappa shape index (κ1) is 10.4. The summed E-state index contributed by atoms with van der Waals surface area (Å²) in [7, 11) is 0. The number of rotatable bonds is 1. The van der Waals surface area contributed by atoms with Gasteiger partial charge in [0.05, 0.1) is 6.10 Å². The molecular weight excluding hydrogens is 176 g/mol. The Morgan fingerprint density at radius 3 is 2.29 bits per heavy atom. The third kappa shape index (κ3) is 2.10. The summed E-state index contributed by atoms with van der Waals surface area (Å²) in [6.45, 7) is 10.0. The highest BCUT2D eigenvalue weighted by atomic mass is 16.5. The van der Waals surface area contributed by atoms with Crippen LogP contribution in [0.25, 0.3) is 0 Å². The minimum absolute atomic E-state index is 0.424. The van der Waals surface area contributed by atoms with Crippen LogP contribution in [0.4, 0.5) is 0 Å². The van der Waals surface area contributed by atoms with Crippen molar-refractivity contribution < 1.29 is 4.74 Å². The van der Waals surface area contributed by atoms with Gasteiger partial charge in [0.15, 0.2) is 0 Å². The highest BCUT2D eigenvalue weighted by Gasteiger charge is 2.33. The third-order valence-electron chi connectivity index (χ3n) is 3.39. The van der Waals surface area contributed by atoms with Crippen molar-refractivity contribution in [2.24, 2.45) is 0 Å². The number of nitrogens with one attached hydrogen (secondary N) is 1. The van der Waals surface area contributed by atoms with Gasteiger partial charge < -0.3 is 10.1 Å². The van der Waals surface area contributed by atoms with E-state index in [0.717, 1.165) is 6.61 Å². The maximum Gasteiger partial charge on any atom is 0.0703 e. The summed E-state index contributed by atoms with van der Waals surface area (Å²) in [6, 6.07) is 1.89. The Labute approximate surface area is 86.8 Å². The van der Waals surface area contributed by atoms with Gasteiger partial charge in [0.2, 0.25) is 0 Å². The molecule has 0 aliphatic carbocycles. The molecule has 1 N–H and O–H groups in total. The standard InChI is InChI=1S/C11H22N2O/c1-8-6-13(7-9(2)12-8)11-4-5-14-10(11)3/h8-12H,4-7H2,1-3H3. The first-order chi connectivity index (χ1) is 6.66. The van der Waals surface area contributed by atoms with Gasteiger partial charge in [-0.1, -0.05) is 0 Å². The Balaban J connectivity index is 1.95. The zero-order valence-electron chi connectivity index (χ0n) is 9.49. The van der Waals surface area contributed by atoms with Crippen LogP contribution in [-0.2, 0) is 4.74 Å². The monoisotopic (exact) mass is 198 g/mol. The van der Waals surface area contributed by atoms with Crippen LogP contribution in [0, 0.1) is 0 Å². The Morgan fingerprint density at radius 2 is 1.79 bits per heavy atom. The van der Waals surface area contributed by atoms with E-state index in [-0.39, 0.29) is 0 Å². The van der Waals surface area contributed by atoms with E-state index in [9.17, 15) is 0 Å².